The van der Waals surface area contributed by atoms with E-state index < -0.39 is 0 Å². The van der Waals surface area contributed by atoms with Crippen molar-refractivity contribution in [2.24, 2.45) is 11.8 Å². The summed E-state index contributed by atoms with van der Waals surface area (Å²) < 4.78 is 0. The predicted octanol–water partition coefficient (Wildman–Crippen LogP) is 3.69. The van der Waals surface area contributed by atoms with Gasteiger partial charge in [-0.25, -0.2) is 0 Å². The monoisotopic (exact) mass is 222 g/mol. The van der Waals surface area contributed by atoms with Crippen molar-refractivity contribution < 1.29 is 4.79 Å². The molecule has 15 heavy (non-hydrogen) atoms. The number of thiophene rings is 1. The summed E-state index contributed by atoms with van der Waals surface area (Å²) >= 11 is 1.76. The van der Waals surface area contributed by atoms with Crippen LogP contribution in [-0.4, -0.2) is 5.78 Å². The van der Waals surface area contributed by atoms with E-state index in [2.05, 4.69) is 24.4 Å². The lowest BCUT2D eigenvalue weighted by Crippen LogP contribution is -2.17. The van der Waals surface area contributed by atoms with Gasteiger partial charge < -0.3 is 0 Å². The molecule has 2 unspecified atom stereocenters. The van der Waals surface area contributed by atoms with Crippen molar-refractivity contribution in [2.75, 3.05) is 0 Å². The molecular weight excluding hydrogens is 204 g/mol. The van der Waals surface area contributed by atoms with Gasteiger partial charge in [0.2, 0.25) is 0 Å². The van der Waals surface area contributed by atoms with Gasteiger partial charge >= 0.3 is 0 Å². The summed E-state index contributed by atoms with van der Waals surface area (Å²) in [7, 11) is 0. The van der Waals surface area contributed by atoms with Crippen LogP contribution in [0.2, 0.25) is 0 Å². The SMILES string of the molecule is CC1CCCC1C(=O)CCc1cccs1. The Morgan fingerprint density at radius 2 is 2.40 bits per heavy atom. The molecule has 0 bridgehead atoms. The molecule has 0 spiro atoms. The van der Waals surface area contributed by atoms with Crippen molar-refractivity contribution in [3.05, 3.63) is 22.4 Å². The summed E-state index contributed by atoms with van der Waals surface area (Å²) in [6.45, 7) is 2.22. The van der Waals surface area contributed by atoms with Gasteiger partial charge in [0, 0.05) is 17.2 Å². The second-order valence-corrected chi connectivity index (χ2v) is 5.59. The summed E-state index contributed by atoms with van der Waals surface area (Å²) in [5.41, 5.74) is 0. The normalized spacial score (nSPS) is 25.7. The molecule has 0 radical (unpaired) electrons. The zero-order chi connectivity index (χ0) is 10.7. The Morgan fingerprint density at radius 3 is 3.00 bits per heavy atom. The van der Waals surface area contributed by atoms with Crippen LogP contribution in [0.3, 0.4) is 0 Å². The average molecular weight is 222 g/mol. The molecule has 0 amide bonds. The minimum Gasteiger partial charge on any atom is -0.299 e. The topological polar surface area (TPSA) is 17.1 Å². The third kappa shape index (κ3) is 2.69. The van der Waals surface area contributed by atoms with Gasteiger partial charge in [0.1, 0.15) is 5.78 Å². The van der Waals surface area contributed by atoms with Crippen LogP contribution in [0.5, 0.6) is 0 Å². The zero-order valence-electron chi connectivity index (χ0n) is 9.24. The lowest BCUT2D eigenvalue weighted by Gasteiger charge is -2.13. The summed E-state index contributed by atoms with van der Waals surface area (Å²) in [4.78, 5) is 13.3. The Balaban J connectivity index is 1.82. The fourth-order valence-electron chi connectivity index (χ4n) is 2.51. The summed E-state index contributed by atoms with van der Waals surface area (Å²) in [6.07, 6.45) is 5.31. The fraction of sp³-hybridized carbons (Fsp3) is 0.615. The van der Waals surface area contributed by atoms with Gasteiger partial charge in [-0.15, -0.1) is 11.3 Å². The fourth-order valence-corrected chi connectivity index (χ4v) is 3.22. The molecule has 0 aliphatic heterocycles. The molecule has 0 aromatic carbocycles. The number of ketones is 1. The Morgan fingerprint density at radius 1 is 1.53 bits per heavy atom. The Bertz CT molecular complexity index is 315. The van der Waals surface area contributed by atoms with Crippen molar-refractivity contribution in [3.8, 4) is 0 Å². The molecule has 1 heterocycles. The Kier molecular flexibility index (Phi) is 3.57. The van der Waals surface area contributed by atoms with Crippen molar-refractivity contribution in [1.82, 2.24) is 0 Å². The molecule has 2 atom stereocenters. The maximum Gasteiger partial charge on any atom is 0.136 e. The van der Waals surface area contributed by atoms with E-state index in [1.54, 1.807) is 11.3 Å². The summed E-state index contributed by atoms with van der Waals surface area (Å²) in [5, 5.41) is 2.08. The van der Waals surface area contributed by atoms with Crippen molar-refractivity contribution >= 4 is 17.1 Å². The third-order valence-electron chi connectivity index (χ3n) is 3.47. The van der Waals surface area contributed by atoms with E-state index in [1.807, 2.05) is 0 Å². The number of Topliss-reactive ketones (excluding diaryl/α,β-unsaturated/α-hetero) is 1. The van der Waals surface area contributed by atoms with E-state index in [0.29, 0.717) is 17.6 Å². The molecule has 1 aromatic rings. The molecule has 2 rings (SSSR count). The molecule has 1 aliphatic rings. The van der Waals surface area contributed by atoms with Crippen LogP contribution in [0.4, 0.5) is 0 Å². The van der Waals surface area contributed by atoms with Crippen LogP contribution in [0, 0.1) is 11.8 Å². The predicted molar refractivity (Wildman–Crippen MR) is 64.2 cm³/mol. The van der Waals surface area contributed by atoms with E-state index in [0.717, 1.165) is 19.3 Å². The minimum atomic E-state index is 0.366. The van der Waals surface area contributed by atoms with Crippen LogP contribution in [0.1, 0.15) is 37.5 Å². The molecule has 0 N–H and O–H groups in total. The molecule has 1 saturated carbocycles. The second kappa shape index (κ2) is 4.93. The van der Waals surface area contributed by atoms with E-state index in [9.17, 15) is 4.79 Å². The minimum absolute atomic E-state index is 0.366. The van der Waals surface area contributed by atoms with Crippen molar-refractivity contribution in [2.45, 2.75) is 39.0 Å². The van der Waals surface area contributed by atoms with Gasteiger partial charge in [-0.05, 0) is 36.6 Å². The van der Waals surface area contributed by atoms with Gasteiger partial charge in [0.05, 0.1) is 0 Å². The number of hydrogen-bond acceptors (Lipinski definition) is 2. The van der Waals surface area contributed by atoms with Crippen LogP contribution in [0.15, 0.2) is 17.5 Å². The highest BCUT2D eigenvalue weighted by Crippen LogP contribution is 2.32. The largest absolute Gasteiger partial charge is 0.299 e. The van der Waals surface area contributed by atoms with E-state index in [-0.39, 0.29) is 0 Å². The number of rotatable bonds is 4. The zero-order valence-corrected chi connectivity index (χ0v) is 10.1. The first-order valence-corrected chi connectivity index (χ1v) is 6.70. The number of hydrogen-bond donors (Lipinski definition) is 0. The van der Waals surface area contributed by atoms with Gasteiger partial charge in [-0.3, -0.25) is 4.79 Å². The van der Waals surface area contributed by atoms with Gasteiger partial charge in [-0.1, -0.05) is 19.4 Å². The summed E-state index contributed by atoms with van der Waals surface area (Å²) in [6, 6.07) is 4.18. The van der Waals surface area contributed by atoms with Gasteiger partial charge in [0.25, 0.3) is 0 Å². The highest BCUT2D eigenvalue weighted by Gasteiger charge is 2.28. The molecule has 2 heteroatoms. The van der Waals surface area contributed by atoms with Gasteiger partial charge in [-0.2, -0.15) is 0 Å². The highest BCUT2D eigenvalue weighted by molar-refractivity contribution is 7.09. The smallest absolute Gasteiger partial charge is 0.136 e. The quantitative estimate of drug-likeness (QED) is 0.759. The summed E-state index contributed by atoms with van der Waals surface area (Å²) in [5.74, 6) is 1.49. The number of carbonyl (C=O) groups excluding carboxylic acids is 1. The van der Waals surface area contributed by atoms with Crippen LogP contribution < -0.4 is 0 Å². The first kappa shape index (κ1) is 10.9. The van der Waals surface area contributed by atoms with Crippen molar-refractivity contribution in [3.63, 3.8) is 0 Å². The maximum atomic E-state index is 12.0. The van der Waals surface area contributed by atoms with E-state index >= 15 is 0 Å². The molecule has 82 valence electrons. The van der Waals surface area contributed by atoms with Crippen LogP contribution in [0.25, 0.3) is 0 Å². The maximum absolute atomic E-state index is 12.0. The third-order valence-corrected chi connectivity index (χ3v) is 4.41. The molecular formula is C13H18OS. The first-order chi connectivity index (χ1) is 7.27. The molecule has 1 aliphatic carbocycles. The van der Waals surface area contributed by atoms with Crippen LogP contribution >= 0.6 is 11.3 Å². The highest BCUT2D eigenvalue weighted by atomic mass is 32.1. The van der Waals surface area contributed by atoms with E-state index in [4.69, 9.17) is 0 Å². The number of carbonyl (C=O) groups is 1. The lowest BCUT2D eigenvalue weighted by atomic mass is 9.91. The van der Waals surface area contributed by atoms with Crippen LogP contribution in [-0.2, 0) is 11.2 Å². The van der Waals surface area contributed by atoms with Gasteiger partial charge in [0.15, 0.2) is 0 Å². The van der Waals surface area contributed by atoms with Crippen molar-refractivity contribution in [1.29, 1.82) is 0 Å². The molecule has 1 aromatic heterocycles. The Hall–Kier alpha value is -0.630. The lowest BCUT2D eigenvalue weighted by molar-refractivity contribution is -0.123. The number of aryl methyl sites for hydroxylation is 1. The molecule has 1 nitrogen and oxygen atoms in total. The van der Waals surface area contributed by atoms with E-state index in [1.165, 1.54) is 17.7 Å². The molecule has 1 fully saturated rings. The standard InChI is InChI=1S/C13H18OS/c1-10-4-2-6-12(10)13(14)8-7-11-5-3-9-15-11/h3,5,9-10,12H,2,4,6-8H2,1H3. The second-order valence-electron chi connectivity index (χ2n) is 4.56. The Labute approximate surface area is 95.5 Å². The molecule has 0 saturated heterocycles. The average Bonchev–Trinajstić information content (AvgIpc) is 2.84. The first-order valence-electron chi connectivity index (χ1n) is 5.82.